The van der Waals surface area contributed by atoms with Crippen molar-refractivity contribution >= 4 is 6.29 Å². The number of methoxy groups -OCH3 is 1. The molecule has 21 heavy (non-hydrogen) atoms. The second-order valence-corrected chi connectivity index (χ2v) is 5.16. The average molecular weight is 294 g/mol. The van der Waals surface area contributed by atoms with E-state index in [2.05, 4.69) is 19.1 Å². The van der Waals surface area contributed by atoms with Gasteiger partial charge in [-0.25, -0.2) is 0 Å². The predicted octanol–water partition coefficient (Wildman–Crippen LogP) is 3.34. The lowest BCUT2D eigenvalue weighted by atomic mass is 9.87. The Kier molecular flexibility index (Phi) is 8.90. The zero-order chi connectivity index (χ0) is 15.4. The number of carbonyl (C=O) groups is 1. The molecule has 0 aliphatic rings. The lowest BCUT2D eigenvalue weighted by Gasteiger charge is -2.32. The molecule has 1 rings (SSSR count). The van der Waals surface area contributed by atoms with Gasteiger partial charge in [0.25, 0.3) is 0 Å². The second kappa shape index (κ2) is 10.5. The van der Waals surface area contributed by atoms with Gasteiger partial charge in [-0.1, -0.05) is 43.7 Å². The minimum atomic E-state index is -0.444. The molecule has 0 heterocycles. The molecule has 0 saturated heterocycles. The lowest BCUT2D eigenvalue weighted by molar-refractivity contribution is -0.182. The molecule has 1 atom stereocenters. The molecule has 1 aromatic carbocycles. The number of benzene rings is 1. The van der Waals surface area contributed by atoms with Gasteiger partial charge in [0.05, 0.1) is 5.60 Å². The van der Waals surface area contributed by atoms with Gasteiger partial charge in [0.2, 0.25) is 0 Å². The predicted molar refractivity (Wildman–Crippen MR) is 82.0 cm³/mol. The summed E-state index contributed by atoms with van der Waals surface area (Å²) in [6.07, 6.45) is 4.84. The van der Waals surface area contributed by atoms with Gasteiger partial charge < -0.3 is 19.0 Å². The second-order valence-electron chi connectivity index (χ2n) is 5.16. The van der Waals surface area contributed by atoms with Crippen LogP contribution in [-0.2, 0) is 25.4 Å². The van der Waals surface area contributed by atoms with E-state index in [1.807, 2.05) is 18.2 Å². The number of ether oxygens (including phenoxy) is 3. The van der Waals surface area contributed by atoms with Crippen molar-refractivity contribution in [3.63, 3.8) is 0 Å². The molecule has 0 aliphatic carbocycles. The standard InChI is InChI=1S/C17H26O4/c1-3-10-17(12-13-18,21-15-20-14-19-2)11-9-16-7-5-4-6-8-16/h4-8,13H,3,9-12,14-15H2,1-2H3/t17-/m1/s1. The van der Waals surface area contributed by atoms with Crippen molar-refractivity contribution in [3.05, 3.63) is 35.9 Å². The summed E-state index contributed by atoms with van der Waals surface area (Å²) < 4.78 is 16.0. The van der Waals surface area contributed by atoms with Crippen LogP contribution in [0.15, 0.2) is 30.3 Å². The van der Waals surface area contributed by atoms with Crippen LogP contribution in [0.2, 0.25) is 0 Å². The van der Waals surface area contributed by atoms with Crippen LogP contribution in [0.5, 0.6) is 0 Å². The smallest absolute Gasteiger partial charge is 0.150 e. The van der Waals surface area contributed by atoms with E-state index in [0.29, 0.717) is 6.42 Å². The van der Waals surface area contributed by atoms with Crippen LogP contribution in [0.4, 0.5) is 0 Å². The van der Waals surface area contributed by atoms with E-state index in [0.717, 1.165) is 32.0 Å². The summed E-state index contributed by atoms with van der Waals surface area (Å²) in [5.41, 5.74) is 0.811. The molecule has 0 spiro atoms. The molecule has 0 bridgehead atoms. The highest BCUT2D eigenvalue weighted by Gasteiger charge is 2.29. The first-order valence-electron chi connectivity index (χ1n) is 7.44. The summed E-state index contributed by atoms with van der Waals surface area (Å²) in [4.78, 5) is 11.0. The number of hydrogen-bond donors (Lipinski definition) is 0. The van der Waals surface area contributed by atoms with Crippen molar-refractivity contribution in [1.82, 2.24) is 0 Å². The molecule has 0 fully saturated rings. The molecule has 0 amide bonds. The van der Waals surface area contributed by atoms with Crippen LogP contribution < -0.4 is 0 Å². The minimum absolute atomic E-state index is 0.149. The van der Waals surface area contributed by atoms with E-state index in [1.165, 1.54) is 5.56 Å². The fourth-order valence-electron chi connectivity index (χ4n) is 2.44. The Hall–Kier alpha value is -1.23. The molecule has 0 aromatic heterocycles. The topological polar surface area (TPSA) is 44.8 Å². The SMILES string of the molecule is CCC[C@](CC=O)(CCc1ccccc1)OCOCOC. The summed E-state index contributed by atoms with van der Waals surface area (Å²) in [6, 6.07) is 10.2. The molecule has 1 aromatic rings. The largest absolute Gasteiger partial charge is 0.359 e. The maximum atomic E-state index is 11.0. The highest BCUT2D eigenvalue weighted by Crippen LogP contribution is 2.28. The van der Waals surface area contributed by atoms with Crippen molar-refractivity contribution < 1.29 is 19.0 Å². The third-order valence-corrected chi connectivity index (χ3v) is 3.52. The fraction of sp³-hybridized carbons (Fsp3) is 0.588. The number of aryl methyl sites for hydroxylation is 1. The summed E-state index contributed by atoms with van der Waals surface area (Å²) in [5.74, 6) is 0. The first kappa shape index (κ1) is 17.8. The van der Waals surface area contributed by atoms with Crippen molar-refractivity contribution in [2.75, 3.05) is 20.7 Å². The molecule has 0 aliphatic heterocycles. The van der Waals surface area contributed by atoms with E-state index in [4.69, 9.17) is 14.2 Å². The van der Waals surface area contributed by atoms with E-state index >= 15 is 0 Å². The Bertz CT molecular complexity index is 380. The number of carbonyl (C=O) groups excluding carboxylic acids is 1. The van der Waals surface area contributed by atoms with Crippen LogP contribution in [0.25, 0.3) is 0 Å². The van der Waals surface area contributed by atoms with Crippen LogP contribution >= 0.6 is 0 Å². The molecular formula is C17H26O4. The number of rotatable bonds is 12. The van der Waals surface area contributed by atoms with E-state index in [1.54, 1.807) is 7.11 Å². The van der Waals surface area contributed by atoms with Crippen LogP contribution in [0, 0.1) is 0 Å². The number of aldehydes is 1. The summed E-state index contributed by atoms with van der Waals surface area (Å²) in [6.45, 7) is 2.44. The van der Waals surface area contributed by atoms with Crippen molar-refractivity contribution in [2.24, 2.45) is 0 Å². The molecule has 0 radical (unpaired) electrons. The van der Waals surface area contributed by atoms with E-state index in [9.17, 15) is 4.79 Å². The monoisotopic (exact) mass is 294 g/mol. The van der Waals surface area contributed by atoms with Gasteiger partial charge in [-0.15, -0.1) is 0 Å². The van der Waals surface area contributed by atoms with Crippen LogP contribution in [-0.4, -0.2) is 32.6 Å². The Morgan fingerprint density at radius 1 is 1.14 bits per heavy atom. The minimum Gasteiger partial charge on any atom is -0.359 e. The quantitative estimate of drug-likeness (QED) is 0.337. The Labute approximate surface area is 127 Å². The average Bonchev–Trinajstić information content (AvgIpc) is 2.51. The fourth-order valence-corrected chi connectivity index (χ4v) is 2.44. The third kappa shape index (κ3) is 6.85. The van der Waals surface area contributed by atoms with Crippen molar-refractivity contribution in [2.45, 2.75) is 44.6 Å². The van der Waals surface area contributed by atoms with Gasteiger partial charge in [-0.05, 0) is 24.8 Å². The number of hydrogen-bond acceptors (Lipinski definition) is 4. The highest BCUT2D eigenvalue weighted by molar-refractivity contribution is 5.51. The Morgan fingerprint density at radius 2 is 1.90 bits per heavy atom. The van der Waals surface area contributed by atoms with Crippen LogP contribution in [0.1, 0.15) is 38.2 Å². The molecule has 0 N–H and O–H groups in total. The van der Waals surface area contributed by atoms with Gasteiger partial charge in [-0.2, -0.15) is 0 Å². The summed E-state index contributed by atoms with van der Waals surface area (Å²) >= 11 is 0. The normalized spacial score (nSPS) is 13.8. The molecular weight excluding hydrogens is 268 g/mol. The molecule has 0 unspecified atom stereocenters. The maximum absolute atomic E-state index is 11.0. The van der Waals surface area contributed by atoms with Crippen molar-refractivity contribution in [1.29, 1.82) is 0 Å². The molecule has 0 saturated carbocycles. The van der Waals surface area contributed by atoms with Gasteiger partial charge in [0.15, 0.2) is 0 Å². The van der Waals surface area contributed by atoms with E-state index in [-0.39, 0.29) is 13.6 Å². The molecule has 4 heteroatoms. The Balaban J connectivity index is 2.62. The zero-order valence-corrected chi connectivity index (χ0v) is 13.0. The Morgan fingerprint density at radius 3 is 2.52 bits per heavy atom. The van der Waals surface area contributed by atoms with Gasteiger partial charge in [-0.3, -0.25) is 0 Å². The lowest BCUT2D eigenvalue weighted by Crippen LogP contribution is -2.35. The molecule has 4 nitrogen and oxygen atoms in total. The van der Waals surface area contributed by atoms with E-state index < -0.39 is 5.60 Å². The van der Waals surface area contributed by atoms with Gasteiger partial charge in [0.1, 0.15) is 19.9 Å². The maximum Gasteiger partial charge on any atom is 0.150 e. The highest BCUT2D eigenvalue weighted by atomic mass is 16.7. The van der Waals surface area contributed by atoms with Crippen molar-refractivity contribution in [3.8, 4) is 0 Å². The first-order valence-corrected chi connectivity index (χ1v) is 7.44. The third-order valence-electron chi connectivity index (χ3n) is 3.52. The molecule has 118 valence electrons. The van der Waals surface area contributed by atoms with Gasteiger partial charge in [0, 0.05) is 13.5 Å². The first-order chi connectivity index (χ1) is 10.3. The summed E-state index contributed by atoms with van der Waals surface area (Å²) in [5, 5.41) is 0. The van der Waals surface area contributed by atoms with Gasteiger partial charge >= 0.3 is 0 Å². The zero-order valence-electron chi connectivity index (χ0n) is 13.0. The summed E-state index contributed by atoms with van der Waals surface area (Å²) in [7, 11) is 1.57. The van der Waals surface area contributed by atoms with Crippen LogP contribution in [0.3, 0.4) is 0 Å².